The number of hydrogen-bond acceptors (Lipinski definition) is 5. The number of aliphatic hydroxyl groups is 1. The molecule has 0 saturated heterocycles. The highest BCUT2D eigenvalue weighted by molar-refractivity contribution is 7.09. The molecule has 0 aliphatic rings. The van der Waals surface area contributed by atoms with E-state index in [2.05, 4.69) is 26.8 Å². The molecule has 0 spiro atoms. The lowest BCUT2D eigenvalue weighted by molar-refractivity contribution is 0.199. The van der Waals surface area contributed by atoms with Crippen LogP contribution in [-0.4, -0.2) is 19.7 Å². The third kappa shape index (κ3) is 3.26. The first-order chi connectivity index (χ1) is 12.2. The fraction of sp³-hybridized carbons (Fsp3) is 0.158. The fourth-order valence-electron chi connectivity index (χ4n) is 2.71. The van der Waals surface area contributed by atoms with Gasteiger partial charge in [0, 0.05) is 10.4 Å². The molecule has 4 aromatic rings. The van der Waals surface area contributed by atoms with E-state index >= 15 is 0 Å². The molecule has 0 aliphatic heterocycles. The van der Waals surface area contributed by atoms with Crippen LogP contribution in [0, 0.1) is 0 Å². The van der Waals surface area contributed by atoms with Crippen molar-refractivity contribution in [2.24, 2.45) is 0 Å². The molecule has 126 valence electrons. The predicted molar refractivity (Wildman–Crippen MR) is 101 cm³/mol. The number of aliphatic hydroxyl groups excluding tert-OH is 1. The molecule has 0 saturated carbocycles. The van der Waals surface area contributed by atoms with Gasteiger partial charge in [0.1, 0.15) is 5.82 Å². The molecule has 0 bridgehead atoms. The van der Waals surface area contributed by atoms with E-state index in [-0.39, 0.29) is 0 Å². The predicted octanol–water partition coefficient (Wildman–Crippen LogP) is 4.12. The Morgan fingerprint density at radius 1 is 1.20 bits per heavy atom. The van der Waals surface area contributed by atoms with Gasteiger partial charge < -0.3 is 10.4 Å². The van der Waals surface area contributed by atoms with Crippen LogP contribution in [0.25, 0.3) is 16.9 Å². The lowest BCUT2D eigenvalue weighted by Gasteiger charge is -2.08. The molecular weight excluding hydrogens is 332 g/mol. The number of anilines is 1. The Labute approximate surface area is 149 Å². The number of thiophene rings is 1. The number of nitrogens with zero attached hydrogens (tertiary/aromatic N) is 3. The molecular formula is C19H18N4OS. The third-order valence-electron chi connectivity index (χ3n) is 4.05. The SMILES string of the molecule is CC(O)c1cccc(-c2cnc3ccc(NCc4cccs4)nn23)c1. The van der Waals surface area contributed by atoms with Gasteiger partial charge in [-0.1, -0.05) is 24.3 Å². The van der Waals surface area contributed by atoms with Gasteiger partial charge in [0.2, 0.25) is 0 Å². The van der Waals surface area contributed by atoms with E-state index in [1.165, 1.54) is 4.88 Å². The Morgan fingerprint density at radius 3 is 2.92 bits per heavy atom. The first-order valence-corrected chi connectivity index (χ1v) is 8.98. The summed E-state index contributed by atoms with van der Waals surface area (Å²) in [5, 5.41) is 19.9. The van der Waals surface area contributed by atoms with Crippen LogP contribution in [0.5, 0.6) is 0 Å². The number of hydrogen-bond donors (Lipinski definition) is 2. The Morgan fingerprint density at radius 2 is 2.12 bits per heavy atom. The zero-order chi connectivity index (χ0) is 17.2. The van der Waals surface area contributed by atoms with Gasteiger partial charge in [-0.3, -0.25) is 0 Å². The van der Waals surface area contributed by atoms with Gasteiger partial charge in [-0.15, -0.1) is 16.4 Å². The maximum Gasteiger partial charge on any atom is 0.154 e. The summed E-state index contributed by atoms with van der Waals surface area (Å²) < 4.78 is 1.83. The van der Waals surface area contributed by atoms with Crippen molar-refractivity contribution in [1.29, 1.82) is 0 Å². The van der Waals surface area contributed by atoms with Crippen LogP contribution in [0.2, 0.25) is 0 Å². The van der Waals surface area contributed by atoms with Gasteiger partial charge in [0.05, 0.1) is 24.5 Å². The summed E-state index contributed by atoms with van der Waals surface area (Å²) in [4.78, 5) is 5.69. The highest BCUT2D eigenvalue weighted by Crippen LogP contribution is 2.24. The highest BCUT2D eigenvalue weighted by atomic mass is 32.1. The Balaban J connectivity index is 1.67. The summed E-state index contributed by atoms with van der Waals surface area (Å²) in [5.74, 6) is 0.798. The van der Waals surface area contributed by atoms with Crippen LogP contribution < -0.4 is 5.32 Å². The highest BCUT2D eigenvalue weighted by Gasteiger charge is 2.10. The molecule has 4 rings (SSSR count). The lowest BCUT2D eigenvalue weighted by Crippen LogP contribution is -2.03. The summed E-state index contributed by atoms with van der Waals surface area (Å²) in [6.07, 6.45) is 1.31. The zero-order valence-electron chi connectivity index (χ0n) is 13.8. The Hall–Kier alpha value is -2.70. The van der Waals surface area contributed by atoms with Crippen LogP contribution in [0.1, 0.15) is 23.5 Å². The minimum Gasteiger partial charge on any atom is -0.389 e. The van der Waals surface area contributed by atoms with Crippen molar-refractivity contribution in [3.8, 4) is 11.3 Å². The van der Waals surface area contributed by atoms with Crippen molar-refractivity contribution < 1.29 is 5.11 Å². The van der Waals surface area contributed by atoms with Gasteiger partial charge in [-0.2, -0.15) is 0 Å². The first kappa shape index (κ1) is 15.8. The average molecular weight is 350 g/mol. The molecule has 6 heteroatoms. The summed E-state index contributed by atoms with van der Waals surface area (Å²) in [7, 11) is 0. The molecule has 0 amide bonds. The normalized spacial score (nSPS) is 12.4. The standard InChI is InChI=1S/C19H18N4OS/c1-13(24)14-4-2-5-15(10-14)17-12-21-19-8-7-18(22-23(17)19)20-11-16-6-3-9-25-16/h2-10,12-13,24H,11H2,1H3,(H,20,22). The number of fused-ring (bicyclic) bond motifs is 1. The molecule has 0 aliphatic carbocycles. The summed E-state index contributed by atoms with van der Waals surface area (Å²) in [6.45, 7) is 2.51. The van der Waals surface area contributed by atoms with Gasteiger partial charge >= 0.3 is 0 Å². The van der Waals surface area contributed by atoms with Crippen molar-refractivity contribution in [3.05, 3.63) is 70.5 Å². The van der Waals surface area contributed by atoms with Crippen molar-refractivity contribution in [2.75, 3.05) is 5.32 Å². The average Bonchev–Trinajstić information content (AvgIpc) is 3.29. The second-order valence-electron chi connectivity index (χ2n) is 5.87. The van der Waals surface area contributed by atoms with Crippen LogP contribution in [0.4, 0.5) is 5.82 Å². The van der Waals surface area contributed by atoms with E-state index in [0.29, 0.717) is 0 Å². The topological polar surface area (TPSA) is 62.5 Å². The molecule has 1 unspecified atom stereocenters. The van der Waals surface area contributed by atoms with Gasteiger partial charge in [-0.05, 0) is 42.1 Å². The van der Waals surface area contributed by atoms with Crippen molar-refractivity contribution in [2.45, 2.75) is 19.6 Å². The molecule has 3 aromatic heterocycles. The maximum atomic E-state index is 9.82. The van der Waals surface area contributed by atoms with E-state index in [1.54, 1.807) is 18.3 Å². The van der Waals surface area contributed by atoms with Crippen LogP contribution >= 0.6 is 11.3 Å². The summed E-state index contributed by atoms with van der Waals surface area (Å²) in [5.41, 5.74) is 3.55. The van der Waals surface area contributed by atoms with Crippen molar-refractivity contribution in [3.63, 3.8) is 0 Å². The lowest BCUT2D eigenvalue weighted by atomic mass is 10.1. The third-order valence-corrected chi connectivity index (χ3v) is 4.93. The number of aromatic nitrogens is 3. The van der Waals surface area contributed by atoms with Crippen LogP contribution in [0.15, 0.2) is 60.1 Å². The van der Waals surface area contributed by atoms with Gasteiger partial charge in [0.15, 0.2) is 5.65 Å². The maximum absolute atomic E-state index is 9.82. The van der Waals surface area contributed by atoms with Crippen molar-refractivity contribution in [1.82, 2.24) is 14.6 Å². The van der Waals surface area contributed by atoms with E-state index in [1.807, 2.05) is 53.2 Å². The Kier molecular flexibility index (Phi) is 4.21. The smallest absolute Gasteiger partial charge is 0.154 e. The van der Waals surface area contributed by atoms with E-state index in [4.69, 9.17) is 0 Å². The molecule has 2 N–H and O–H groups in total. The van der Waals surface area contributed by atoms with Gasteiger partial charge in [0.25, 0.3) is 0 Å². The monoisotopic (exact) mass is 350 g/mol. The number of rotatable bonds is 5. The fourth-order valence-corrected chi connectivity index (χ4v) is 3.36. The van der Waals surface area contributed by atoms with Crippen LogP contribution in [-0.2, 0) is 6.54 Å². The zero-order valence-corrected chi connectivity index (χ0v) is 14.6. The molecule has 25 heavy (non-hydrogen) atoms. The second kappa shape index (κ2) is 6.66. The summed E-state index contributed by atoms with van der Waals surface area (Å²) in [6, 6.07) is 15.9. The van der Waals surface area contributed by atoms with E-state index < -0.39 is 6.10 Å². The minimum absolute atomic E-state index is 0.505. The molecule has 0 fully saturated rings. The molecule has 1 aromatic carbocycles. The second-order valence-corrected chi connectivity index (χ2v) is 6.90. The number of nitrogens with one attached hydrogen (secondary N) is 1. The van der Waals surface area contributed by atoms with E-state index in [9.17, 15) is 5.11 Å². The van der Waals surface area contributed by atoms with E-state index in [0.717, 1.165) is 34.8 Å². The largest absolute Gasteiger partial charge is 0.389 e. The van der Waals surface area contributed by atoms with Crippen molar-refractivity contribution >= 4 is 22.8 Å². The van der Waals surface area contributed by atoms with Crippen LogP contribution in [0.3, 0.4) is 0 Å². The minimum atomic E-state index is -0.505. The molecule has 0 radical (unpaired) electrons. The first-order valence-electron chi connectivity index (χ1n) is 8.10. The quantitative estimate of drug-likeness (QED) is 0.568. The number of benzene rings is 1. The molecule has 1 atom stereocenters. The Bertz CT molecular complexity index is 992. The summed E-state index contributed by atoms with van der Waals surface area (Å²) >= 11 is 1.72. The number of imidazole rings is 1. The molecule has 3 heterocycles. The van der Waals surface area contributed by atoms with Gasteiger partial charge in [-0.25, -0.2) is 9.50 Å². The molecule has 5 nitrogen and oxygen atoms in total.